The zero-order valence-corrected chi connectivity index (χ0v) is 15.9. The van der Waals surface area contributed by atoms with Crippen LogP contribution in [0.5, 0.6) is 11.5 Å². The summed E-state index contributed by atoms with van der Waals surface area (Å²) < 4.78 is 10.6. The van der Waals surface area contributed by atoms with Gasteiger partial charge in [-0.3, -0.25) is 4.79 Å². The van der Waals surface area contributed by atoms with E-state index in [9.17, 15) is 10.1 Å². The second-order valence-electron chi connectivity index (χ2n) is 6.77. The van der Waals surface area contributed by atoms with Gasteiger partial charge in [0, 0.05) is 11.0 Å². The molecule has 1 atom stereocenters. The van der Waals surface area contributed by atoms with Gasteiger partial charge in [0.25, 0.3) is 0 Å². The summed E-state index contributed by atoms with van der Waals surface area (Å²) in [5, 5.41) is 13.1. The van der Waals surface area contributed by atoms with Crippen molar-refractivity contribution in [3.05, 3.63) is 45.8 Å². The Hall–Kier alpha value is -2.78. The zero-order chi connectivity index (χ0) is 18.8. The maximum absolute atomic E-state index is 12.4. The number of anilines is 1. The molecule has 2 aromatic rings. The first kappa shape index (κ1) is 17.6. The maximum atomic E-state index is 12.4. The molecule has 27 heavy (non-hydrogen) atoms. The summed E-state index contributed by atoms with van der Waals surface area (Å²) in [6.07, 6.45) is 7.41. The third-order valence-corrected chi connectivity index (χ3v) is 6.29. The average molecular weight is 380 g/mol. The van der Waals surface area contributed by atoms with Gasteiger partial charge in [0.05, 0.1) is 5.56 Å². The van der Waals surface area contributed by atoms with Crippen molar-refractivity contribution >= 4 is 28.3 Å². The highest BCUT2D eigenvalue weighted by atomic mass is 32.1. The quantitative estimate of drug-likeness (QED) is 0.792. The van der Waals surface area contributed by atoms with Gasteiger partial charge in [-0.1, -0.05) is 19.4 Å². The number of fused-ring (bicyclic) bond motifs is 2. The molecule has 1 amide bonds. The molecule has 0 fully saturated rings. The highest BCUT2D eigenvalue weighted by Gasteiger charge is 2.25. The summed E-state index contributed by atoms with van der Waals surface area (Å²) in [5.74, 6) is 1.83. The predicted molar refractivity (Wildman–Crippen MR) is 105 cm³/mol. The van der Waals surface area contributed by atoms with Crippen LogP contribution in [-0.4, -0.2) is 12.7 Å². The van der Waals surface area contributed by atoms with Crippen molar-refractivity contribution in [2.75, 3.05) is 12.1 Å². The lowest BCUT2D eigenvalue weighted by Gasteiger charge is -2.20. The van der Waals surface area contributed by atoms with Crippen LogP contribution in [0.4, 0.5) is 5.00 Å². The van der Waals surface area contributed by atoms with Crippen LogP contribution >= 0.6 is 11.3 Å². The van der Waals surface area contributed by atoms with Gasteiger partial charge in [0.15, 0.2) is 11.5 Å². The molecule has 6 heteroatoms. The second-order valence-corrected chi connectivity index (χ2v) is 7.88. The fourth-order valence-electron chi connectivity index (χ4n) is 3.55. The third-order valence-electron chi connectivity index (χ3n) is 5.12. The third kappa shape index (κ3) is 3.56. The van der Waals surface area contributed by atoms with Gasteiger partial charge in [0.2, 0.25) is 12.7 Å². The summed E-state index contributed by atoms with van der Waals surface area (Å²) in [6, 6.07) is 7.81. The Balaban J connectivity index is 1.48. The van der Waals surface area contributed by atoms with Gasteiger partial charge in [-0.15, -0.1) is 11.3 Å². The molecule has 5 nitrogen and oxygen atoms in total. The first-order valence-electron chi connectivity index (χ1n) is 9.11. The van der Waals surface area contributed by atoms with E-state index in [2.05, 4.69) is 18.3 Å². The van der Waals surface area contributed by atoms with Crippen molar-refractivity contribution in [3.8, 4) is 17.6 Å². The monoisotopic (exact) mass is 380 g/mol. The first-order chi connectivity index (χ1) is 13.2. The molecule has 0 radical (unpaired) electrons. The molecule has 1 unspecified atom stereocenters. The van der Waals surface area contributed by atoms with Gasteiger partial charge in [-0.25, -0.2) is 0 Å². The smallest absolute Gasteiger partial charge is 0.249 e. The van der Waals surface area contributed by atoms with Crippen LogP contribution in [0.1, 0.15) is 41.3 Å². The number of ether oxygens (including phenoxy) is 2. The Bertz CT molecular complexity index is 955. The molecule has 2 aliphatic rings. The Morgan fingerprint density at radius 2 is 2.26 bits per heavy atom. The minimum atomic E-state index is -0.241. The molecular formula is C21H20N2O3S. The second kappa shape index (κ2) is 7.45. The van der Waals surface area contributed by atoms with E-state index >= 15 is 0 Å². The van der Waals surface area contributed by atoms with Crippen molar-refractivity contribution in [2.45, 2.75) is 32.6 Å². The molecule has 1 aliphatic carbocycles. The number of thiophene rings is 1. The Labute approximate surface area is 162 Å². The summed E-state index contributed by atoms with van der Waals surface area (Å²) in [4.78, 5) is 13.6. The standard InChI is InChI=1S/C21H20N2O3S/c1-2-13-3-6-15-16(11-22)21(27-19(15)10-13)23-20(24)8-5-14-4-7-17-18(9-14)26-12-25-17/h4-5,7-9,13H,2-3,6,10,12H2,1H3,(H,23,24)/b8-5+. The van der Waals surface area contributed by atoms with Crippen LogP contribution in [0.25, 0.3) is 6.08 Å². The number of nitriles is 1. The van der Waals surface area contributed by atoms with Crippen LogP contribution in [0.3, 0.4) is 0 Å². The molecule has 0 spiro atoms. The molecule has 0 saturated heterocycles. The van der Waals surface area contributed by atoms with E-state index in [1.54, 1.807) is 17.4 Å². The van der Waals surface area contributed by atoms with Gasteiger partial charge in [-0.2, -0.15) is 5.26 Å². The summed E-state index contributed by atoms with van der Waals surface area (Å²) in [6.45, 7) is 2.43. The van der Waals surface area contributed by atoms with Gasteiger partial charge in [-0.05, 0) is 54.5 Å². The number of nitrogens with one attached hydrogen (secondary N) is 1. The summed E-state index contributed by atoms with van der Waals surface area (Å²) in [7, 11) is 0. The molecule has 1 aromatic carbocycles. The van der Waals surface area contributed by atoms with Crippen LogP contribution in [-0.2, 0) is 17.6 Å². The number of benzene rings is 1. The topological polar surface area (TPSA) is 71.3 Å². The van der Waals surface area contributed by atoms with Gasteiger partial charge in [0.1, 0.15) is 11.1 Å². The Morgan fingerprint density at radius 3 is 3.07 bits per heavy atom. The fraction of sp³-hybridized carbons (Fsp3) is 0.333. The van der Waals surface area contributed by atoms with E-state index in [0.717, 1.165) is 36.8 Å². The van der Waals surface area contributed by atoms with Crippen molar-refractivity contribution < 1.29 is 14.3 Å². The van der Waals surface area contributed by atoms with Crippen LogP contribution < -0.4 is 14.8 Å². The number of amides is 1. The molecule has 0 bridgehead atoms. The molecule has 1 aliphatic heterocycles. The van der Waals surface area contributed by atoms with Crippen molar-refractivity contribution in [1.29, 1.82) is 5.26 Å². The van der Waals surface area contributed by atoms with Gasteiger partial charge < -0.3 is 14.8 Å². The van der Waals surface area contributed by atoms with Crippen molar-refractivity contribution in [3.63, 3.8) is 0 Å². The number of carbonyl (C=O) groups excluding carboxylic acids is 1. The Morgan fingerprint density at radius 1 is 1.41 bits per heavy atom. The lowest BCUT2D eigenvalue weighted by Crippen LogP contribution is -2.12. The van der Waals surface area contributed by atoms with Crippen LogP contribution in [0.15, 0.2) is 24.3 Å². The van der Waals surface area contributed by atoms with Crippen molar-refractivity contribution in [2.24, 2.45) is 5.92 Å². The summed E-state index contributed by atoms with van der Waals surface area (Å²) in [5.41, 5.74) is 2.61. The largest absolute Gasteiger partial charge is 0.454 e. The van der Waals surface area contributed by atoms with E-state index in [1.165, 1.54) is 11.0 Å². The summed E-state index contributed by atoms with van der Waals surface area (Å²) >= 11 is 1.55. The lowest BCUT2D eigenvalue weighted by molar-refractivity contribution is -0.111. The van der Waals surface area contributed by atoms with Crippen LogP contribution in [0, 0.1) is 17.2 Å². The van der Waals surface area contributed by atoms with Crippen molar-refractivity contribution in [1.82, 2.24) is 0 Å². The number of hydrogen-bond acceptors (Lipinski definition) is 5. The highest BCUT2D eigenvalue weighted by molar-refractivity contribution is 7.16. The number of rotatable bonds is 4. The Kier molecular flexibility index (Phi) is 4.87. The predicted octanol–water partition coefficient (Wildman–Crippen LogP) is 4.52. The van der Waals surface area contributed by atoms with Crippen LogP contribution in [0.2, 0.25) is 0 Å². The highest BCUT2D eigenvalue weighted by Crippen LogP contribution is 2.40. The number of carbonyl (C=O) groups is 1. The van der Waals surface area contributed by atoms with E-state index in [1.807, 2.05) is 18.2 Å². The van der Waals surface area contributed by atoms with Gasteiger partial charge >= 0.3 is 0 Å². The molecular weight excluding hydrogens is 360 g/mol. The van der Waals surface area contributed by atoms with E-state index in [-0.39, 0.29) is 12.7 Å². The SMILES string of the molecule is CCC1CCc2c(sc(NC(=O)/C=C/c3ccc4c(c3)OCO4)c2C#N)C1. The minimum Gasteiger partial charge on any atom is -0.454 e. The first-order valence-corrected chi connectivity index (χ1v) is 9.93. The number of nitrogens with zero attached hydrogens (tertiary/aromatic N) is 1. The normalized spacial score (nSPS) is 17.6. The zero-order valence-electron chi connectivity index (χ0n) is 15.1. The lowest BCUT2D eigenvalue weighted by atomic mass is 9.86. The molecule has 1 aromatic heterocycles. The van der Waals surface area contributed by atoms with E-state index in [0.29, 0.717) is 28.0 Å². The molecule has 0 saturated carbocycles. The average Bonchev–Trinajstić information content (AvgIpc) is 3.28. The molecule has 4 rings (SSSR count). The fourth-order valence-corrected chi connectivity index (χ4v) is 4.87. The van der Waals surface area contributed by atoms with E-state index in [4.69, 9.17) is 9.47 Å². The molecule has 1 N–H and O–H groups in total. The maximum Gasteiger partial charge on any atom is 0.249 e. The molecule has 2 heterocycles. The minimum absolute atomic E-state index is 0.224. The number of hydrogen-bond donors (Lipinski definition) is 1. The molecule has 138 valence electrons. The van der Waals surface area contributed by atoms with E-state index < -0.39 is 0 Å².